The SMILES string of the molecule is Cc1ccccc1OCC(=O)N1C[C@H](F)C[C@H]1C(=O)N[C@@H](c1ccccc1)c1ccc(C(C)C)cc1. The highest BCUT2D eigenvalue weighted by atomic mass is 19.1. The van der Waals surface area contributed by atoms with Crippen LogP contribution in [0.25, 0.3) is 0 Å². The Morgan fingerprint density at radius 3 is 2.22 bits per heavy atom. The molecule has 3 aromatic carbocycles. The van der Waals surface area contributed by atoms with Gasteiger partial charge in [0.25, 0.3) is 5.91 Å². The molecule has 4 rings (SSSR count). The minimum absolute atomic E-state index is 0.0320. The van der Waals surface area contributed by atoms with Gasteiger partial charge in [-0.15, -0.1) is 0 Å². The van der Waals surface area contributed by atoms with Crippen molar-refractivity contribution in [3.8, 4) is 5.75 Å². The second-order valence-electron chi connectivity index (χ2n) is 9.62. The van der Waals surface area contributed by atoms with E-state index in [9.17, 15) is 14.0 Å². The molecule has 0 aliphatic carbocycles. The fourth-order valence-electron chi connectivity index (χ4n) is 4.57. The zero-order valence-electron chi connectivity index (χ0n) is 21.0. The van der Waals surface area contributed by atoms with Crippen LogP contribution in [0.5, 0.6) is 5.75 Å². The van der Waals surface area contributed by atoms with E-state index in [2.05, 4.69) is 31.3 Å². The summed E-state index contributed by atoms with van der Waals surface area (Å²) in [5.74, 6) is 0.208. The summed E-state index contributed by atoms with van der Waals surface area (Å²) in [7, 11) is 0. The molecule has 1 heterocycles. The minimum atomic E-state index is -1.26. The lowest BCUT2D eigenvalue weighted by atomic mass is 9.95. The lowest BCUT2D eigenvalue weighted by molar-refractivity contribution is -0.140. The molecule has 2 amide bonds. The highest BCUT2D eigenvalue weighted by Crippen LogP contribution is 2.27. The van der Waals surface area contributed by atoms with Crippen LogP contribution >= 0.6 is 0 Å². The van der Waals surface area contributed by atoms with Crippen LogP contribution in [0.4, 0.5) is 4.39 Å². The number of carbonyl (C=O) groups excluding carboxylic acids is 2. The van der Waals surface area contributed by atoms with Gasteiger partial charge < -0.3 is 15.0 Å². The lowest BCUT2D eigenvalue weighted by Crippen LogP contribution is -2.48. The molecule has 3 atom stereocenters. The van der Waals surface area contributed by atoms with Crippen LogP contribution in [-0.2, 0) is 9.59 Å². The number of nitrogens with zero attached hydrogens (tertiary/aromatic N) is 1. The first-order valence-electron chi connectivity index (χ1n) is 12.4. The van der Waals surface area contributed by atoms with Crippen molar-refractivity contribution in [3.05, 3.63) is 101 Å². The van der Waals surface area contributed by atoms with Gasteiger partial charge in [-0.1, -0.05) is 86.6 Å². The van der Waals surface area contributed by atoms with E-state index in [1.165, 1.54) is 10.5 Å². The molecule has 1 aliphatic heterocycles. The number of halogens is 1. The number of hydrogen-bond donors (Lipinski definition) is 1. The number of para-hydroxylation sites is 1. The molecule has 5 nitrogen and oxygen atoms in total. The monoisotopic (exact) mass is 488 g/mol. The van der Waals surface area contributed by atoms with Gasteiger partial charge in [0.2, 0.25) is 5.91 Å². The molecular weight excluding hydrogens is 455 g/mol. The summed E-state index contributed by atoms with van der Waals surface area (Å²) in [6.07, 6.45) is -1.29. The average Bonchev–Trinajstić information content (AvgIpc) is 3.29. The second-order valence-corrected chi connectivity index (χ2v) is 9.62. The van der Waals surface area contributed by atoms with Crippen LogP contribution in [0.3, 0.4) is 0 Å². The van der Waals surface area contributed by atoms with Gasteiger partial charge >= 0.3 is 0 Å². The van der Waals surface area contributed by atoms with E-state index in [0.717, 1.165) is 16.7 Å². The van der Waals surface area contributed by atoms with Gasteiger partial charge in [0, 0.05) is 6.42 Å². The number of hydrogen-bond acceptors (Lipinski definition) is 3. The smallest absolute Gasteiger partial charge is 0.261 e. The largest absolute Gasteiger partial charge is 0.484 e. The standard InChI is InChI=1S/C30H33FN2O3/c1-20(2)22-13-15-24(16-14-22)29(23-10-5-4-6-11-23)32-30(35)26-17-25(31)18-33(26)28(34)19-36-27-12-8-7-9-21(27)3/h4-16,20,25-26,29H,17-19H2,1-3H3,(H,32,35)/t25-,26+,29+/m1/s1. The molecule has 188 valence electrons. The fraction of sp³-hybridized carbons (Fsp3) is 0.333. The first kappa shape index (κ1) is 25.4. The summed E-state index contributed by atoms with van der Waals surface area (Å²) in [4.78, 5) is 27.7. The molecule has 1 aliphatic rings. The average molecular weight is 489 g/mol. The normalized spacial score (nSPS) is 18.2. The Balaban J connectivity index is 1.51. The summed E-state index contributed by atoms with van der Waals surface area (Å²) in [5, 5.41) is 3.09. The topological polar surface area (TPSA) is 58.6 Å². The molecule has 1 saturated heterocycles. The number of carbonyl (C=O) groups is 2. The summed E-state index contributed by atoms with van der Waals surface area (Å²) in [5.41, 5.74) is 3.95. The predicted molar refractivity (Wildman–Crippen MR) is 139 cm³/mol. The van der Waals surface area contributed by atoms with E-state index in [4.69, 9.17) is 4.74 Å². The Labute approximate surface area is 212 Å². The van der Waals surface area contributed by atoms with Gasteiger partial charge in [0.1, 0.15) is 18.0 Å². The van der Waals surface area contributed by atoms with Crippen molar-refractivity contribution in [2.45, 2.75) is 51.4 Å². The zero-order valence-corrected chi connectivity index (χ0v) is 21.0. The van der Waals surface area contributed by atoms with Gasteiger partial charge in [-0.25, -0.2) is 4.39 Å². The van der Waals surface area contributed by atoms with Gasteiger partial charge in [0.05, 0.1) is 12.6 Å². The van der Waals surface area contributed by atoms with Gasteiger partial charge in [-0.2, -0.15) is 0 Å². The van der Waals surface area contributed by atoms with Crippen molar-refractivity contribution < 1.29 is 18.7 Å². The number of alkyl halides is 1. The number of rotatable bonds is 8. The molecule has 1 fully saturated rings. The third-order valence-corrected chi connectivity index (χ3v) is 6.67. The number of nitrogens with one attached hydrogen (secondary N) is 1. The number of likely N-dealkylation sites (tertiary alicyclic amines) is 1. The van der Waals surface area contributed by atoms with E-state index in [1.54, 1.807) is 6.07 Å². The fourth-order valence-corrected chi connectivity index (χ4v) is 4.57. The van der Waals surface area contributed by atoms with Crippen molar-refractivity contribution in [2.75, 3.05) is 13.2 Å². The van der Waals surface area contributed by atoms with E-state index >= 15 is 0 Å². The zero-order chi connectivity index (χ0) is 25.7. The van der Waals surface area contributed by atoms with E-state index < -0.39 is 24.2 Å². The van der Waals surface area contributed by atoms with Crippen molar-refractivity contribution in [1.29, 1.82) is 0 Å². The molecule has 0 spiro atoms. The first-order chi connectivity index (χ1) is 17.3. The summed E-state index contributed by atoms with van der Waals surface area (Å²) < 4.78 is 20.1. The third kappa shape index (κ3) is 5.93. The van der Waals surface area contributed by atoms with E-state index in [0.29, 0.717) is 11.7 Å². The molecule has 1 N–H and O–H groups in total. The number of aryl methyl sites for hydroxylation is 1. The Morgan fingerprint density at radius 2 is 1.56 bits per heavy atom. The Morgan fingerprint density at radius 1 is 0.944 bits per heavy atom. The maximum Gasteiger partial charge on any atom is 0.261 e. The molecular formula is C30H33FN2O3. The van der Waals surface area contributed by atoms with Crippen LogP contribution < -0.4 is 10.1 Å². The predicted octanol–water partition coefficient (Wildman–Crippen LogP) is 5.34. The maximum atomic E-state index is 14.5. The lowest BCUT2D eigenvalue weighted by Gasteiger charge is -2.27. The molecule has 0 bridgehead atoms. The first-order valence-corrected chi connectivity index (χ1v) is 12.4. The van der Waals surface area contributed by atoms with Gasteiger partial charge in [-0.05, 0) is 41.2 Å². The van der Waals surface area contributed by atoms with Crippen LogP contribution in [0.2, 0.25) is 0 Å². The summed E-state index contributed by atoms with van der Waals surface area (Å²) in [6.45, 7) is 5.79. The van der Waals surface area contributed by atoms with Crippen LogP contribution in [0.1, 0.15) is 54.5 Å². The van der Waals surface area contributed by atoms with Crippen LogP contribution in [-0.4, -0.2) is 42.1 Å². The van der Waals surface area contributed by atoms with Gasteiger partial charge in [0.15, 0.2) is 6.61 Å². The molecule has 3 aromatic rings. The number of ether oxygens (including phenoxy) is 1. The van der Waals surface area contributed by atoms with Crippen molar-refractivity contribution in [1.82, 2.24) is 10.2 Å². The van der Waals surface area contributed by atoms with Crippen molar-refractivity contribution in [3.63, 3.8) is 0 Å². The van der Waals surface area contributed by atoms with Crippen LogP contribution in [0.15, 0.2) is 78.9 Å². The third-order valence-electron chi connectivity index (χ3n) is 6.67. The Kier molecular flexibility index (Phi) is 8.04. The minimum Gasteiger partial charge on any atom is -0.484 e. The second kappa shape index (κ2) is 11.4. The highest BCUT2D eigenvalue weighted by Gasteiger charge is 2.40. The number of amides is 2. The quantitative estimate of drug-likeness (QED) is 0.466. The molecule has 6 heteroatoms. The number of benzene rings is 3. The van der Waals surface area contributed by atoms with Crippen molar-refractivity contribution >= 4 is 11.8 Å². The maximum absolute atomic E-state index is 14.5. The molecule has 0 aromatic heterocycles. The summed E-state index contributed by atoms with van der Waals surface area (Å²) in [6, 6.07) is 23.9. The van der Waals surface area contributed by atoms with Crippen LogP contribution in [0, 0.1) is 6.92 Å². The van der Waals surface area contributed by atoms with Crippen molar-refractivity contribution in [2.24, 2.45) is 0 Å². The molecule has 36 heavy (non-hydrogen) atoms. The summed E-state index contributed by atoms with van der Waals surface area (Å²) >= 11 is 0. The molecule has 0 radical (unpaired) electrons. The highest BCUT2D eigenvalue weighted by molar-refractivity contribution is 5.89. The van der Waals surface area contributed by atoms with E-state index in [-0.39, 0.29) is 25.5 Å². The van der Waals surface area contributed by atoms with E-state index in [1.807, 2.05) is 67.6 Å². The van der Waals surface area contributed by atoms with Gasteiger partial charge in [-0.3, -0.25) is 9.59 Å². The Bertz CT molecular complexity index is 1180. The Hall–Kier alpha value is -3.67. The molecule has 0 unspecified atom stereocenters. The molecule has 0 saturated carbocycles.